The second kappa shape index (κ2) is 5.12. The molecule has 0 radical (unpaired) electrons. The summed E-state index contributed by atoms with van der Waals surface area (Å²) in [5, 5.41) is 2.13. The fourth-order valence-corrected chi connectivity index (χ4v) is 2.11. The van der Waals surface area contributed by atoms with E-state index in [0.29, 0.717) is 5.56 Å². The number of ether oxygens (including phenoxy) is 1. The second-order valence-corrected chi connectivity index (χ2v) is 6.02. The number of hydrogen-bond acceptors (Lipinski definition) is 2. The van der Waals surface area contributed by atoms with Crippen molar-refractivity contribution in [3.63, 3.8) is 0 Å². The van der Waals surface area contributed by atoms with E-state index in [1.54, 1.807) is 6.07 Å². The first kappa shape index (κ1) is 14.3. The van der Waals surface area contributed by atoms with Gasteiger partial charge in [0.15, 0.2) is 0 Å². The van der Waals surface area contributed by atoms with Gasteiger partial charge in [-0.1, -0.05) is 36.4 Å². The Hall–Kier alpha value is -2.09. The normalized spacial score (nSPS) is 11.4. The fourth-order valence-electron chi connectivity index (χ4n) is 2.11. The summed E-state index contributed by atoms with van der Waals surface area (Å²) < 4.78 is 5.41. The predicted octanol–water partition coefficient (Wildman–Crippen LogP) is 4.83. The Bertz CT molecular complexity index is 675. The molecule has 104 valence electrons. The van der Waals surface area contributed by atoms with Crippen molar-refractivity contribution in [3.8, 4) is 0 Å². The smallest absolute Gasteiger partial charge is 0.338 e. The van der Waals surface area contributed by atoms with E-state index in [2.05, 4.69) is 6.58 Å². The molecule has 0 amide bonds. The van der Waals surface area contributed by atoms with Gasteiger partial charge in [-0.15, -0.1) is 0 Å². The van der Waals surface area contributed by atoms with E-state index in [1.165, 1.54) is 0 Å². The maximum absolute atomic E-state index is 12.1. The molecule has 0 spiro atoms. The van der Waals surface area contributed by atoms with E-state index in [0.717, 1.165) is 21.9 Å². The van der Waals surface area contributed by atoms with Gasteiger partial charge >= 0.3 is 5.97 Å². The molecular weight excluding hydrogens is 248 g/mol. The number of benzene rings is 2. The van der Waals surface area contributed by atoms with Gasteiger partial charge in [-0.2, -0.15) is 0 Å². The van der Waals surface area contributed by atoms with Crippen molar-refractivity contribution in [2.75, 3.05) is 0 Å². The number of esters is 1. The maximum atomic E-state index is 12.1. The van der Waals surface area contributed by atoms with E-state index in [-0.39, 0.29) is 5.97 Å². The zero-order valence-corrected chi connectivity index (χ0v) is 12.5. The third-order valence-electron chi connectivity index (χ3n) is 2.98. The Kier molecular flexibility index (Phi) is 3.67. The van der Waals surface area contributed by atoms with Crippen LogP contribution in [0.1, 0.15) is 43.6 Å². The van der Waals surface area contributed by atoms with Gasteiger partial charge in [-0.05, 0) is 56.2 Å². The van der Waals surface area contributed by atoms with Crippen LogP contribution in [-0.2, 0) is 4.74 Å². The van der Waals surface area contributed by atoms with Crippen LogP contribution in [0, 0.1) is 0 Å². The van der Waals surface area contributed by atoms with Crippen molar-refractivity contribution >= 4 is 22.3 Å². The SMILES string of the molecule is C=C(C)c1cccc2ccc(C(=O)OC(C)(C)C)cc12. The lowest BCUT2D eigenvalue weighted by atomic mass is 9.98. The van der Waals surface area contributed by atoms with Gasteiger partial charge in [0.25, 0.3) is 0 Å². The molecule has 0 saturated carbocycles. The monoisotopic (exact) mass is 268 g/mol. The number of hydrogen-bond donors (Lipinski definition) is 0. The summed E-state index contributed by atoms with van der Waals surface area (Å²) >= 11 is 0. The first-order valence-electron chi connectivity index (χ1n) is 6.70. The van der Waals surface area contributed by atoms with Gasteiger partial charge in [-0.25, -0.2) is 4.79 Å². The van der Waals surface area contributed by atoms with Crippen LogP contribution < -0.4 is 0 Å². The summed E-state index contributed by atoms with van der Waals surface area (Å²) in [6.07, 6.45) is 0. The van der Waals surface area contributed by atoms with Crippen LogP contribution in [0.25, 0.3) is 16.3 Å². The standard InChI is InChI=1S/C18H20O2/c1-12(2)15-8-6-7-13-9-10-14(11-16(13)15)17(19)20-18(3,4)5/h6-11H,1H2,2-5H3. The van der Waals surface area contributed by atoms with Gasteiger partial charge < -0.3 is 4.74 Å². The summed E-state index contributed by atoms with van der Waals surface area (Å²) in [5.74, 6) is -0.295. The summed E-state index contributed by atoms with van der Waals surface area (Å²) in [6.45, 7) is 11.6. The topological polar surface area (TPSA) is 26.3 Å². The predicted molar refractivity (Wildman–Crippen MR) is 83.8 cm³/mol. The molecule has 2 aromatic rings. The van der Waals surface area contributed by atoms with Gasteiger partial charge in [0.05, 0.1) is 5.56 Å². The third-order valence-corrected chi connectivity index (χ3v) is 2.98. The van der Waals surface area contributed by atoms with Gasteiger partial charge in [0.1, 0.15) is 5.60 Å². The lowest BCUT2D eigenvalue weighted by molar-refractivity contribution is 0.00697. The molecule has 2 rings (SSSR count). The molecule has 0 N–H and O–H groups in total. The van der Waals surface area contributed by atoms with E-state index in [1.807, 2.05) is 58.0 Å². The van der Waals surface area contributed by atoms with Crippen LogP contribution in [0.15, 0.2) is 43.0 Å². The molecule has 0 atom stereocenters. The second-order valence-electron chi connectivity index (χ2n) is 6.02. The van der Waals surface area contributed by atoms with Crippen LogP contribution in [0.3, 0.4) is 0 Å². The lowest BCUT2D eigenvalue weighted by Crippen LogP contribution is -2.23. The molecule has 2 aromatic carbocycles. The minimum absolute atomic E-state index is 0.295. The van der Waals surface area contributed by atoms with Gasteiger partial charge in [0.2, 0.25) is 0 Å². The van der Waals surface area contributed by atoms with Crippen LogP contribution in [0.4, 0.5) is 0 Å². The van der Waals surface area contributed by atoms with Crippen LogP contribution in [0.5, 0.6) is 0 Å². The van der Waals surface area contributed by atoms with Crippen molar-refractivity contribution in [1.82, 2.24) is 0 Å². The summed E-state index contributed by atoms with van der Waals surface area (Å²) in [6, 6.07) is 11.7. The minimum Gasteiger partial charge on any atom is -0.456 e. The molecular formula is C18H20O2. The van der Waals surface area contributed by atoms with E-state index < -0.39 is 5.60 Å². The molecule has 0 aromatic heterocycles. The maximum Gasteiger partial charge on any atom is 0.338 e. The van der Waals surface area contributed by atoms with Crippen molar-refractivity contribution in [2.45, 2.75) is 33.3 Å². The first-order valence-corrected chi connectivity index (χ1v) is 6.70. The molecule has 2 heteroatoms. The molecule has 20 heavy (non-hydrogen) atoms. The molecule has 0 saturated heterocycles. The van der Waals surface area contributed by atoms with E-state index in [9.17, 15) is 4.79 Å². The Morgan fingerprint density at radius 3 is 2.45 bits per heavy atom. The Morgan fingerprint density at radius 1 is 1.15 bits per heavy atom. The van der Waals surface area contributed by atoms with Crippen molar-refractivity contribution in [2.24, 2.45) is 0 Å². The van der Waals surface area contributed by atoms with E-state index in [4.69, 9.17) is 4.74 Å². The van der Waals surface area contributed by atoms with Crippen molar-refractivity contribution < 1.29 is 9.53 Å². The lowest BCUT2D eigenvalue weighted by Gasteiger charge is -2.19. The highest BCUT2D eigenvalue weighted by molar-refractivity contribution is 5.99. The minimum atomic E-state index is -0.486. The Morgan fingerprint density at radius 2 is 1.85 bits per heavy atom. The average Bonchev–Trinajstić information content (AvgIpc) is 2.35. The zero-order valence-electron chi connectivity index (χ0n) is 12.5. The first-order chi connectivity index (χ1) is 9.28. The van der Waals surface area contributed by atoms with Crippen LogP contribution >= 0.6 is 0 Å². The van der Waals surface area contributed by atoms with Crippen molar-refractivity contribution in [3.05, 3.63) is 54.1 Å². The van der Waals surface area contributed by atoms with Gasteiger partial charge in [-0.3, -0.25) is 0 Å². The summed E-state index contributed by atoms with van der Waals surface area (Å²) in [5.41, 5.74) is 2.13. The van der Waals surface area contributed by atoms with Crippen LogP contribution in [-0.4, -0.2) is 11.6 Å². The molecule has 0 aliphatic carbocycles. The van der Waals surface area contributed by atoms with Gasteiger partial charge in [0, 0.05) is 0 Å². The Balaban J connectivity index is 2.50. The highest BCUT2D eigenvalue weighted by Gasteiger charge is 2.18. The molecule has 0 aliphatic heterocycles. The molecule has 0 heterocycles. The molecule has 0 unspecified atom stereocenters. The number of fused-ring (bicyclic) bond motifs is 1. The number of allylic oxidation sites excluding steroid dienone is 1. The average molecular weight is 268 g/mol. The highest BCUT2D eigenvalue weighted by atomic mass is 16.6. The molecule has 0 aliphatic rings. The number of carbonyl (C=O) groups is 1. The molecule has 0 bridgehead atoms. The zero-order chi connectivity index (χ0) is 14.9. The Labute approximate surface area is 120 Å². The highest BCUT2D eigenvalue weighted by Crippen LogP contribution is 2.26. The quantitative estimate of drug-likeness (QED) is 0.729. The fraction of sp³-hybridized carbons (Fsp3) is 0.278. The molecule has 2 nitrogen and oxygen atoms in total. The number of carbonyl (C=O) groups excluding carboxylic acids is 1. The summed E-state index contributed by atoms with van der Waals surface area (Å²) in [4.78, 5) is 12.1. The third kappa shape index (κ3) is 3.08. The largest absolute Gasteiger partial charge is 0.456 e. The summed E-state index contributed by atoms with van der Waals surface area (Å²) in [7, 11) is 0. The van der Waals surface area contributed by atoms with Crippen molar-refractivity contribution in [1.29, 1.82) is 0 Å². The molecule has 0 fully saturated rings. The van der Waals surface area contributed by atoms with E-state index >= 15 is 0 Å². The number of rotatable bonds is 2. The van der Waals surface area contributed by atoms with Crippen LogP contribution in [0.2, 0.25) is 0 Å².